The SMILES string of the molecule is COC[C@H](C)Nc1ncc2c(-c3ccnc(OC4CCCN(C)C4)c3)cc(C3CCC(O)CC3)n2n1. The van der Waals surface area contributed by atoms with Crippen molar-refractivity contribution in [2.24, 2.45) is 0 Å². The van der Waals surface area contributed by atoms with Gasteiger partial charge in [-0.3, -0.25) is 0 Å². The summed E-state index contributed by atoms with van der Waals surface area (Å²) in [6, 6.07) is 6.39. The number of nitrogens with one attached hydrogen (secondary N) is 1. The number of methoxy groups -OCH3 is 1. The smallest absolute Gasteiger partial charge is 0.241 e. The van der Waals surface area contributed by atoms with Crippen molar-refractivity contribution in [2.75, 3.05) is 39.2 Å². The summed E-state index contributed by atoms with van der Waals surface area (Å²) in [4.78, 5) is 11.4. The lowest BCUT2D eigenvalue weighted by Crippen LogP contribution is -2.38. The van der Waals surface area contributed by atoms with Gasteiger partial charge in [-0.1, -0.05) is 0 Å². The van der Waals surface area contributed by atoms with Crippen LogP contribution in [0.15, 0.2) is 30.6 Å². The zero-order chi connectivity index (χ0) is 25.1. The average molecular weight is 495 g/mol. The highest BCUT2D eigenvalue weighted by Crippen LogP contribution is 2.38. The van der Waals surface area contributed by atoms with Gasteiger partial charge in [0.2, 0.25) is 11.8 Å². The minimum atomic E-state index is -0.201. The molecule has 1 aliphatic heterocycles. The minimum Gasteiger partial charge on any atom is -0.473 e. The van der Waals surface area contributed by atoms with E-state index in [1.807, 2.05) is 36.0 Å². The van der Waals surface area contributed by atoms with Gasteiger partial charge >= 0.3 is 0 Å². The van der Waals surface area contributed by atoms with Crippen molar-refractivity contribution in [3.05, 3.63) is 36.3 Å². The summed E-state index contributed by atoms with van der Waals surface area (Å²) in [5.41, 5.74) is 4.22. The maximum atomic E-state index is 10.1. The van der Waals surface area contributed by atoms with Gasteiger partial charge in [0.1, 0.15) is 6.10 Å². The summed E-state index contributed by atoms with van der Waals surface area (Å²) >= 11 is 0. The number of aliphatic hydroxyl groups is 1. The Hall–Kier alpha value is -2.75. The number of ether oxygens (including phenoxy) is 2. The van der Waals surface area contributed by atoms with Gasteiger partial charge in [-0.2, -0.15) is 0 Å². The lowest BCUT2D eigenvalue weighted by Gasteiger charge is -2.29. The average Bonchev–Trinajstić information content (AvgIpc) is 3.24. The van der Waals surface area contributed by atoms with E-state index in [-0.39, 0.29) is 18.2 Å². The summed E-state index contributed by atoms with van der Waals surface area (Å²) in [7, 11) is 3.83. The standard InChI is InChI=1S/C27H38N6O3/c1-18(17-35-3)30-27-29-15-25-23(14-24(33(25)31-27)19-6-8-21(34)9-7-19)20-10-11-28-26(13-20)36-22-5-4-12-32(2)16-22/h10-11,13-15,18-19,21-22,34H,4-9,12,16-17H2,1-3H3,(H,30,31)/t18-,19?,21?,22?/m0/s1. The number of anilines is 1. The Labute approximate surface area is 212 Å². The molecule has 1 aliphatic carbocycles. The Morgan fingerprint density at radius 1 is 1.17 bits per heavy atom. The van der Waals surface area contributed by atoms with Gasteiger partial charge < -0.3 is 24.8 Å². The third kappa shape index (κ3) is 5.63. The molecule has 9 heteroatoms. The normalized spacial score (nSPS) is 24.1. The van der Waals surface area contributed by atoms with Crippen molar-refractivity contribution in [3.63, 3.8) is 0 Å². The van der Waals surface area contributed by atoms with E-state index < -0.39 is 0 Å². The topological polar surface area (TPSA) is 97.0 Å². The Bertz CT molecular complexity index is 1160. The van der Waals surface area contributed by atoms with E-state index >= 15 is 0 Å². The van der Waals surface area contributed by atoms with Crippen LogP contribution < -0.4 is 10.1 Å². The van der Waals surface area contributed by atoms with E-state index in [0.29, 0.717) is 24.4 Å². The van der Waals surface area contributed by atoms with Gasteiger partial charge in [0.15, 0.2) is 0 Å². The first-order valence-electron chi connectivity index (χ1n) is 13.1. The number of likely N-dealkylation sites (tertiary alicyclic amines) is 1. The lowest BCUT2D eigenvalue weighted by molar-refractivity contribution is 0.100. The summed E-state index contributed by atoms with van der Waals surface area (Å²) in [5.74, 6) is 1.57. The van der Waals surface area contributed by atoms with Crippen LogP contribution in [0.2, 0.25) is 0 Å². The van der Waals surface area contributed by atoms with Crippen LogP contribution in [0.5, 0.6) is 5.88 Å². The van der Waals surface area contributed by atoms with E-state index in [9.17, 15) is 5.11 Å². The molecule has 2 aliphatic rings. The zero-order valence-corrected chi connectivity index (χ0v) is 21.6. The Kier molecular flexibility index (Phi) is 7.69. The predicted molar refractivity (Wildman–Crippen MR) is 140 cm³/mol. The fourth-order valence-electron chi connectivity index (χ4n) is 5.51. The van der Waals surface area contributed by atoms with Crippen molar-refractivity contribution >= 4 is 11.5 Å². The number of fused-ring (bicyclic) bond motifs is 1. The molecule has 3 aromatic heterocycles. The van der Waals surface area contributed by atoms with Crippen LogP contribution in [0.1, 0.15) is 57.1 Å². The van der Waals surface area contributed by atoms with Crippen molar-refractivity contribution in [2.45, 2.75) is 69.6 Å². The van der Waals surface area contributed by atoms with Crippen LogP contribution in [0.4, 0.5) is 5.95 Å². The van der Waals surface area contributed by atoms with E-state index in [0.717, 1.165) is 74.0 Å². The zero-order valence-electron chi connectivity index (χ0n) is 21.6. The number of aliphatic hydroxyl groups excluding tert-OH is 1. The second-order valence-corrected chi connectivity index (χ2v) is 10.4. The molecule has 36 heavy (non-hydrogen) atoms. The van der Waals surface area contributed by atoms with Crippen LogP contribution in [-0.4, -0.2) is 81.7 Å². The third-order valence-corrected chi connectivity index (χ3v) is 7.37. The number of hydrogen-bond acceptors (Lipinski definition) is 8. The van der Waals surface area contributed by atoms with Gasteiger partial charge in [-0.05, 0) is 76.7 Å². The number of pyridine rings is 1. The molecule has 2 N–H and O–H groups in total. The van der Waals surface area contributed by atoms with Crippen LogP contribution in [-0.2, 0) is 4.74 Å². The number of nitrogens with zero attached hydrogens (tertiary/aromatic N) is 5. The highest BCUT2D eigenvalue weighted by atomic mass is 16.5. The summed E-state index contributed by atoms with van der Waals surface area (Å²) < 4.78 is 13.6. The number of hydrogen-bond donors (Lipinski definition) is 2. The monoisotopic (exact) mass is 494 g/mol. The highest BCUT2D eigenvalue weighted by molar-refractivity contribution is 5.81. The molecule has 0 amide bonds. The second kappa shape index (κ2) is 11.1. The molecule has 1 saturated carbocycles. The quantitative estimate of drug-likeness (QED) is 0.489. The molecule has 0 bridgehead atoms. The molecular weight excluding hydrogens is 456 g/mol. The Morgan fingerprint density at radius 3 is 2.78 bits per heavy atom. The molecule has 3 aromatic rings. The van der Waals surface area contributed by atoms with E-state index in [1.165, 1.54) is 0 Å². The Morgan fingerprint density at radius 2 is 2.00 bits per heavy atom. The third-order valence-electron chi connectivity index (χ3n) is 7.37. The van der Waals surface area contributed by atoms with Gasteiger partial charge in [0.25, 0.3) is 0 Å². The molecule has 194 valence electrons. The summed E-state index contributed by atoms with van der Waals surface area (Å²) in [6.07, 6.45) is 9.38. The van der Waals surface area contributed by atoms with E-state index in [1.54, 1.807) is 7.11 Å². The predicted octanol–water partition coefficient (Wildman–Crippen LogP) is 3.73. The number of likely N-dealkylation sites (N-methyl/N-ethyl adjacent to an activating group) is 1. The molecule has 0 radical (unpaired) electrons. The fourth-order valence-corrected chi connectivity index (χ4v) is 5.51. The lowest BCUT2D eigenvalue weighted by atomic mass is 9.85. The highest BCUT2D eigenvalue weighted by Gasteiger charge is 2.26. The minimum absolute atomic E-state index is 0.0921. The van der Waals surface area contributed by atoms with Gasteiger partial charge in [0.05, 0.1) is 24.4 Å². The van der Waals surface area contributed by atoms with Crippen LogP contribution >= 0.6 is 0 Å². The number of piperidine rings is 1. The summed E-state index contributed by atoms with van der Waals surface area (Å²) in [6.45, 7) is 4.66. The molecule has 0 aromatic carbocycles. The van der Waals surface area contributed by atoms with E-state index in [2.05, 4.69) is 33.3 Å². The van der Waals surface area contributed by atoms with Crippen LogP contribution in [0, 0.1) is 0 Å². The van der Waals surface area contributed by atoms with Gasteiger partial charge in [0, 0.05) is 49.1 Å². The molecule has 1 unspecified atom stereocenters. The molecule has 2 atom stereocenters. The van der Waals surface area contributed by atoms with Crippen molar-refractivity contribution in [1.29, 1.82) is 0 Å². The largest absolute Gasteiger partial charge is 0.473 e. The molecule has 9 nitrogen and oxygen atoms in total. The number of aromatic nitrogens is 4. The molecule has 4 heterocycles. The molecule has 0 spiro atoms. The molecule has 1 saturated heterocycles. The number of rotatable bonds is 8. The Balaban J connectivity index is 1.48. The molecular formula is C27H38N6O3. The first-order valence-corrected chi connectivity index (χ1v) is 13.1. The van der Waals surface area contributed by atoms with Gasteiger partial charge in [-0.15, -0.1) is 5.10 Å². The van der Waals surface area contributed by atoms with Crippen LogP contribution in [0.25, 0.3) is 16.6 Å². The molecule has 5 rings (SSSR count). The maximum Gasteiger partial charge on any atom is 0.241 e. The van der Waals surface area contributed by atoms with Gasteiger partial charge in [-0.25, -0.2) is 14.5 Å². The van der Waals surface area contributed by atoms with Crippen molar-refractivity contribution < 1.29 is 14.6 Å². The van der Waals surface area contributed by atoms with Crippen molar-refractivity contribution in [1.82, 2.24) is 24.5 Å². The van der Waals surface area contributed by atoms with Crippen LogP contribution in [0.3, 0.4) is 0 Å². The first kappa shape index (κ1) is 24.9. The molecule has 2 fully saturated rings. The maximum absolute atomic E-state index is 10.1. The fraction of sp³-hybridized carbons (Fsp3) is 0.593. The van der Waals surface area contributed by atoms with E-state index in [4.69, 9.17) is 14.6 Å². The second-order valence-electron chi connectivity index (χ2n) is 10.4. The first-order chi connectivity index (χ1) is 17.5. The summed E-state index contributed by atoms with van der Waals surface area (Å²) in [5, 5.41) is 18.3. The van der Waals surface area contributed by atoms with Crippen molar-refractivity contribution in [3.8, 4) is 17.0 Å².